The molecule has 678 valence electrons. The number of phenolic OH excluding ortho intramolecular Hbond substituents is 2. The van der Waals surface area contributed by atoms with Crippen molar-refractivity contribution in [1.82, 2.24) is 158 Å². The van der Waals surface area contributed by atoms with Crippen LogP contribution in [0.15, 0.2) is 171 Å². The number of hydrogen-bond donors (Lipinski definition) is 13. The van der Waals surface area contributed by atoms with Gasteiger partial charge in [0.2, 0.25) is 0 Å². The molecule has 0 aliphatic heterocycles. The fourth-order valence-corrected chi connectivity index (χ4v) is 16.3. The van der Waals surface area contributed by atoms with E-state index in [1.165, 1.54) is 85.0 Å². The van der Waals surface area contributed by atoms with Crippen LogP contribution in [0.5, 0.6) is 11.5 Å². The molecule has 0 unspecified atom stereocenters. The molecule has 0 amide bonds. The lowest BCUT2D eigenvalue weighted by Gasteiger charge is -2.03. The maximum atomic E-state index is 9.68. The first kappa shape index (κ1) is 89.3. The maximum absolute atomic E-state index is 9.68. The fraction of sp³-hybridized carbons (Fsp3) is 0.135. The number of hydrogen-bond acceptors (Lipinski definition) is 35. The smallest absolute Gasteiger partial charge is 0.163 e. The van der Waals surface area contributed by atoms with E-state index in [0.717, 1.165) is 138 Å². The van der Waals surface area contributed by atoms with E-state index >= 15 is 0 Å². The van der Waals surface area contributed by atoms with Crippen molar-refractivity contribution in [3.63, 3.8) is 0 Å². The number of imidazole rings is 1. The number of nitrogen functional groups attached to an aromatic ring is 8. The number of aromatic amines is 2. The molecule has 0 saturated heterocycles. The van der Waals surface area contributed by atoms with Gasteiger partial charge < -0.3 is 66.2 Å². The van der Waals surface area contributed by atoms with E-state index in [-0.39, 0.29) is 23.1 Å². The number of nitrogens with one attached hydrogen (secondary N) is 2. The third-order valence-corrected chi connectivity index (χ3v) is 23.5. The average Bonchev–Trinajstić information content (AvgIpc) is 1.63. The summed E-state index contributed by atoms with van der Waals surface area (Å²) in [6, 6.07) is 37.2. The largest absolute Gasteiger partial charge is 0.508 e. The third-order valence-electron chi connectivity index (χ3n) is 21.9. The summed E-state index contributed by atoms with van der Waals surface area (Å²) in [6.45, 7) is 8.13. The zero-order valence-corrected chi connectivity index (χ0v) is 76.2. The second-order valence-corrected chi connectivity index (χ2v) is 32.7. The van der Waals surface area contributed by atoms with Crippen LogP contribution < -0.4 is 45.9 Å². The highest BCUT2D eigenvalue weighted by Crippen LogP contribution is 2.41. The number of nitrogens with zero attached hydrogens (tertiary/aromatic N) is 30. The Hall–Kier alpha value is -17.7. The normalized spacial score (nSPS) is 11.2. The average molecular weight is 1860 g/mol. The van der Waals surface area contributed by atoms with E-state index in [4.69, 9.17) is 74.2 Å². The fourth-order valence-electron chi connectivity index (χ4n) is 15.2. The Labute approximate surface area is 777 Å². The Morgan fingerprint density at radius 3 is 1.10 bits per heavy atom. The summed E-state index contributed by atoms with van der Waals surface area (Å²) < 4.78 is 11.8. The molecule has 6 aromatic carbocycles. The zero-order valence-electron chi connectivity index (χ0n) is 73.9. The number of thiophene rings is 1. The van der Waals surface area contributed by atoms with Gasteiger partial charge >= 0.3 is 0 Å². The van der Waals surface area contributed by atoms with Crippen molar-refractivity contribution in [1.29, 1.82) is 0 Å². The van der Waals surface area contributed by atoms with Crippen LogP contribution in [0.4, 0.5) is 46.4 Å². The van der Waals surface area contributed by atoms with Crippen molar-refractivity contribution in [3.8, 4) is 90.3 Å². The van der Waals surface area contributed by atoms with Crippen molar-refractivity contribution in [2.45, 2.75) is 34.3 Å². The van der Waals surface area contributed by atoms with Crippen LogP contribution >= 0.6 is 34.5 Å². The van der Waals surface area contributed by atoms with E-state index < -0.39 is 0 Å². The molecule has 23 aromatic rings. The highest BCUT2D eigenvalue weighted by molar-refractivity contribution is 7.10. The summed E-state index contributed by atoms with van der Waals surface area (Å²) in [5.41, 5.74) is 70.4. The number of aromatic hydroxyl groups is 2. The van der Waals surface area contributed by atoms with Crippen molar-refractivity contribution < 1.29 is 15.3 Å². The minimum Gasteiger partial charge on any atom is -0.508 e. The molecule has 21 N–H and O–H groups in total. The molecular weight excluding hydrogens is 1780 g/mol. The Bertz CT molecular complexity index is 8330. The minimum absolute atomic E-state index is 0.00612. The lowest BCUT2D eigenvalue weighted by atomic mass is 10.0. The number of benzene rings is 6. The van der Waals surface area contributed by atoms with Crippen LogP contribution in [0.2, 0.25) is 10.0 Å². The first-order valence-corrected chi connectivity index (χ1v) is 42.6. The SMILES string of the molecule is Cc1[nH]nc2ccc(-c3nn(C)c4ncnc(N)c34)cc12.Cc1ccc(-c2nn(C)c3ncnc(N)c23)cc1C.Cc1nc2ccc(-c3nn(C)c4ncnc(N)c34)cc2[nH]1.Cn1nc(-c2cc(O)ccc2Cl)c2c(N)ncnc21.Cn1nc(-c2ccc(Cl)c(O)c2)c2c(N)ncnc21.Cn1nc(-c2ccc(N)cc2)c2c(N)ncnc21.Cn1nc(-c2csc(CO)c2)c2c(N)ncnc21. The van der Waals surface area contributed by atoms with Gasteiger partial charge in [-0.15, -0.1) is 11.3 Å². The van der Waals surface area contributed by atoms with Crippen LogP contribution in [0.25, 0.3) is 178 Å². The Morgan fingerprint density at radius 2 is 0.696 bits per heavy atom. The molecule has 46 heteroatoms. The predicted molar refractivity (Wildman–Crippen MR) is 523 cm³/mol. The minimum atomic E-state index is -0.00612. The summed E-state index contributed by atoms with van der Waals surface area (Å²) in [4.78, 5) is 66.1. The van der Waals surface area contributed by atoms with Gasteiger partial charge in [-0.3, -0.25) is 5.10 Å². The van der Waals surface area contributed by atoms with Crippen LogP contribution in [-0.2, 0) is 55.9 Å². The van der Waals surface area contributed by atoms with Crippen LogP contribution in [0.3, 0.4) is 0 Å². The molecule has 23 rings (SSSR count). The number of halogens is 2. The summed E-state index contributed by atoms with van der Waals surface area (Å²) >= 11 is 13.4. The maximum Gasteiger partial charge on any atom is 0.163 e. The number of aromatic nitrogens is 32. The monoisotopic (exact) mass is 1860 g/mol. The zero-order chi connectivity index (χ0) is 95.2. The molecule has 0 atom stereocenters. The molecule has 135 heavy (non-hydrogen) atoms. The highest BCUT2D eigenvalue weighted by Gasteiger charge is 2.25. The summed E-state index contributed by atoms with van der Waals surface area (Å²) in [7, 11) is 12.7. The third kappa shape index (κ3) is 17.4. The standard InChI is InChI=1S/2C14H13N7.C14H15N5.2C12H10ClN5O.C12H12N6.C11H11N5OS/c1-7-9-5-8(3-4-10(9)19-18-7)12-11-13(15)16-6-17-14(11)21(2)20-12;1-7-18-9-4-3-8(5-10(9)19-7)12-11-13(15)16-6-17-14(11)21(2)20-12;1-8-4-5-10(6-9(8)2)12-11-13(15)16-7-17-14(11)19(3)18-12;1-18-12-9(11(14)15-5-16-12)10(17-18)7-4-6(19)2-3-8(7)13;1-18-12-9(11(14)15-5-16-12)10(17-18)6-2-3-7(13)8(19)4-6;1-18-12-9(11(14)15-6-16-12)10(17-18)7-2-4-8(13)5-3-7;1-16-11-8(10(12)13-5-14-11)9(15-16)6-2-7(3-17)18-4-6/h2*3-6H,1-2H3,(H,18,19)(H2,15,16,17);4-7H,1-3H3,(H2,15,16,17);2*2-5,19H,1H3,(H2,14,15,16);2-6H,13H2,1H3,(H2,14,15,16);2,4-5,17H,3H2,1H3,(H2,12,13,14). The number of aryl methyl sites for hydroxylation is 11. The number of H-pyrrole nitrogens is 2. The predicted octanol–water partition coefficient (Wildman–Crippen LogP) is 12.1. The second kappa shape index (κ2) is 36.7. The molecule has 43 nitrogen and oxygen atoms in total. The van der Waals surface area contributed by atoms with Gasteiger partial charge in [-0.1, -0.05) is 65.7 Å². The van der Waals surface area contributed by atoms with Gasteiger partial charge in [0.15, 0.2) is 39.5 Å². The lowest BCUT2D eigenvalue weighted by molar-refractivity contribution is 0.285. The van der Waals surface area contributed by atoms with Crippen LogP contribution in [0.1, 0.15) is 27.5 Å². The van der Waals surface area contributed by atoms with Crippen molar-refractivity contribution >= 4 is 180 Å². The number of aliphatic hydroxyl groups excluding tert-OH is 1. The van der Waals surface area contributed by atoms with Crippen molar-refractivity contribution in [2.24, 2.45) is 49.3 Å². The molecule has 0 fully saturated rings. The van der Waals surface area contributed by atoms with Gasteiger partial charge in [0.1, 0.15) is 142 Å². The first-order chi connectivity index (χ1) is 64.9. The topological polar surface area (TPSA) is 631 Å². The number of anilines is 8. The summed E-state index contributed by atoms with van der Waals surface area (Å²) in [6.07, 6.45) is 10.00. The number of fused-ring (bicyclic) bond motifs is 9. The van der Waals surface area contributed by atoms with E-state index in [0.29, 0.717) is 107 Å². The Balaban J connectivity index is 0.000000110. The molecule has 0 radical (unpaired) electrons. The van der Waals surface area contributed by atoms with Crippen LogP contribution in [-0.4, -0.2) is 174 Å². The molecule has 17 heterocycles. The van der Waals surface area contributed by atoms with E-state index in [1.807, 2.05) is 115 Å². The molecule has 0 spiro atoms. The Kier molecular flexibility index (Phi) is 24.3. The van der Waals surface area contributed by atoms with Gasteiger partial charge in [0.05, 0.1) is 70.9 Å². The molecule has 0 bridgehead atoms. The van der Waals surface area contributed by atoms with E-state index in [1.54, 1.807) is 65.1 Å². The summed E-state index contributed by atoms with van der Waals surface area (Å²) in [5, 5.41) is 75.8. The molecule has 0 aliphatic rings. The summed E-state index contributed by atoms with van der Waals surface area (Å²) in [5.74, 6) is 3.84. The molecule has 17 aromatic heterocycles. The number of nitrogens with two attached hydrogens (primary N) is 8. The van der Waals surface area contributed by atoms with E-state index in [9.17, 15) is 10.2 Å². The number of phenols is 2. The molecule has 0 aliphatic carbocycles. The quantitative estimate of drug-likeness (QED) is 0.0628. The number of aliphatic hydroxyl groups is 1. The van der Waals surface area contributed by atoms with E-state index in [2.05, 4.69) is 164 Å². The van der Waals surface area contributed by atoms with Gasteiger partial charge in [0, 0.05) is 115 Å². The highest BCUT2D eigenvalue weighted by atomic mass is 35.5. The second-order valence-electron chi connectivity index (χ2n) is 30.9. The number of rotatable bonds is 8. The van der Waals surface area contributed by atoms with Crippen molar-refractivity contribution in [3.05, 3.63) is 209 Å². The first-order valence-electron chi connectivity index (χ1n) is 40.9. The van der Waals surface area contributed by atoms with Crippen molar-refractivity contribution in [2.75, 3.05) is 45.9 Å². The lowest BCUT2D eigenvalue weighted by Crippen LogP contribution is -1.95. The van der Waals surface area contributed by atoms with Gasteiger partial charge in [-0.25, -0.2) is 108 Å². The Morgan fingerprint density at radius 1 is 0.348 bits per heavy atom. The van der Waals surface area contributed by atoms with Gasteiger partial charge in [-0.05, 0) is 118 Å². The van der Waals surface area contributed by atoms with Crippen LogP contribution in [0, 0.1) is 27.7 Å². The van der Waals surface area contributed by atoms with Gasteiger partial charge in [0.25, 0.3) is 0 Å². The van der Waals surface area contributed by atoms with Gasteiger partial charge in [-0.2, -0.15) is 40.8 Å². The molecular formula is C89H84Cl2N40O3S. The molecule has 0 saturated carbocycles.